The summed E-state index contributed by atoms with van der Waals surface area (Å²) in [5.74, 6) is -0.187. The van der Waals surface area contributed by atoms with Gasteiger partial charge in [-0.3, -0.25) is 4.79 Å². The van der Waals surface area contributed by atoms with Crippen LogP contribution in [0.5, 0.6) is 0 Å². The molecule has 5 nitrogen and oxygen atoms in total. The first kappa shape index (κ1) is 12.0. The van der Waals surface area contributed by atoms with Gasteiger partial charge in [0, 0.05) is 7.05 Å². The molecule has 0 saturated carbocycles. The lowest BCUT2D eigenvalue weighted by atomic mass is 10.3. The maximum Gasteiger partial charge on any atom is 0.319 e. The van der Waals surface area contributed by atoms with Crippen molar-refractivity contribution in [2.24, 2.45) is 7.05 Å². The third-order valence-corrected chi connectivity index (χ3v) is 3.23. The van der Waals surface area contributed by atoms with Crippen LogP contribution in [0.25, 0.3) is 0 Å². The second-order valence-corrected chi connectivity index (χ2v) is 4.16. The van der Waals surface area contributed by atoms with Crippen LogP contribution < -0.4 is 0 Å². The van der Waals surface area contributed by atoms with Crippen molar-refractivity contribution in [1.82, 2.24) is 14.8 Å². The summed E-state index contributed by atoms with van der Waals surface area (Å²) in [5, 5.41) is 8.20. The number of carbonyl (C=O) groups is 1. The van der Waals surface area contributed by atoms with Crippen molar-refractivity contribution in [2.75, 3.05) is 6.61 Å². The molecule has 0 bridgehead atoms. The van der Waals surface area contributed by atoms with Crippen LogP contribution in [0.4, 0.5) is 0 Å². The van der Waals surface area contributed by atoms with E-state index in [-0.39, 0.29) is 11.2 Å². The molecule has 0 N–H and O–H groups in total. The van der Waals surface area contributed by atoms with Crippen molar-refractivity contribution in [2.45, 2.75) is 30.7 Å². The minimum atomic E-state index is -0.201. The number of ether oxygens (including phenoxy) is 1. The minimum Gasteiger partial charge on any atom is -0.465 e. The molecule has 15 heavy (non-hydrogen) atoms. The Morgan fingerprint density at radius 3 is 2.87 bits per heavy atom. The Kier molecular flexibility index (Phi) is 4.61. The molecule has 1 aromatic heterocycles. The third kappa shape index (κ3) is 3.23. The molecule has 0 aliphatic rings. The number of nitrogens with zero attached hydrogens (tertiary/aromatic N) is 3. The molecule has 1 unspecified atom stereocenters. The minimum absolute atomic E-state index is 0.187. The number of aromatic nitrogens is 3. The van der Waals surface area contributed by atoms with Crippen LogP contribution in [0.1, 0.15) is 20.3 Å². The van der Waals surface area contributed by atoms with Gasteiger partial charge in [0.25, 0.3) is 0 Å². The first-order valence-electron chi connectivity index (χ1n) is 4.86. The predicted octanol–water partition coefficient (Wildman–Crippen LogP) is 1.25. The van der Waals surface area contributed by atoms with Crippen LogP contribution in [0.2, 0.25) is 0 Å². The summed E-state index contributed by atoms with van der Waals surface area (Å²) in [5.41, 5.74) is 0. The number of carbonyl (C=O) groups excluding carboxylic acids is 1. The van der Waals surface area contributed by atoms with Gasteiger partial charge in [0.2, 0.25) is 0 Å². The SMILES string of the molecule is CCOC(=O)C(CC)Sc1nncn1C. The van der Waals surface area contributed by atoms with Crippen molar-refractivity contribution < 1.29 is 9.53 Å². The maximum absolute atomic E-state index is 11.5. The monoisotopic (exact) mass is 229 g/mol. The van der Waals surface area contributed by atoms with Crippen LogP contribution in [0.15, 0.2) is 11.5 Å². The molecule has 1 heterocycles. The molecular weight excluding hydrogens is 214 g/mol. The molecule has 0 aromatic carbocycles. The van der Waals surface area contributed by atoms with Gasteiger partial charge in [0.1, 0.15) is 11.6 Å². The Balaban J connectivity index is 2.61. The number of hydrogen-bond acceptors (Lipinski definition) is 5. The van der Waals surface area contributed by atoms with E-state index in [1.54, 1.807) is 17.8 Å². The van der Waals surface area contributed by atoms with Crippen molar-refractivity contribution in [3.63, 3.8) is 0 Å². The molecule has 0 aliphatic heterocycles. The molecule has 1 atom stereocenters. The van der Waals surface area contributed by atoms with Crippen LogP contribution in [-0.2, 0) is 16.6 Å². The fraction of sp³-hybridized carbons (Fsp3) is 0.667. The summed E-state index contributed by atoms with van der Waals surface area (Å²) in [6.45, 7) is 4.16. The van der Waals surface area contributed by atoms with Crippen LogP contribution in [0, 0.1) is 0 Å². The molecule has 0 spiro atoms. The average Bonchev–Trinajstić information content (AvgIpc) is 2.61. The number of thioether (sulfide) groups is 1. The second-order valence-electron chi connectivity index (χ2n) is 2.99. The van der Waals surface area contributed by atoms with E-state index in [0.717, 1.165) is 11.6 Å². The molecule has 0 radical (unpaired) electrons. The van der Waals surface area contributed by atoms with Crippen molar-refractivity contribution in [1.29, 1.82) is 0 Å². The topological polar surface area (TPSA) is 57.0 Å². The molecule has 6 heteroatoms. The molecular formula is C9H15N3O2S. The van der Waals surface area contributed by atoms with Gasteiger partial charge < -0.3 is 9.30 Å². The van der Waals surface area contributed by atoms with Crippen LogP contribution >= 0.6 is 11.8 Å². The Morgan fingerprint density at radius 2 is 2.40 bits per heavy atom. The maximum atomic E-state index is 11.5. The fourth-order valence-corrected chi connectivity index (χ4v) is 1.93. The lowest BCUT2D eigenvalue weighted by Gasteiger charge is -2.11. The van der Waals surface area contributed by atoms with E-state index in [4.69, 9.17) is 4.74 Å². The van der Waals surface area contributed by atoms with Gasteiger partial charge in [-0.2, -0.15) is 0 Å². The van der Waals surface area contributed by atoms with Crippen molar-refractivity contribution in [3.8, 4) is 0 Å². The molecule has 1 aromatic rings. The molecule has 0 amide bonds. The zero-order valence-corrected chi connectivity index (χ0v) is 9.95. The van der Waals surface area contributed by atoms with Crippen molar-refractivity contribution >= 4 is 17.7 Å². The highest BCUT2D eigenvalue weighted by molar-refractivity contribution is 8.00. The Hall–Kier alpha value is -1.04. The predicted molar refractivity (Wildman–Crippen MR) is 57.6 cm³/mol. The van der Waals surface area contributed by atoms with Gasteiger partial charge in [-0.15, -0.1) is 10.2 Å². The van der Waals surface area contributed by atoms with Gasteiger partial charge in [-0.1, -0.05) is 18.7 Å². The Morgan fingerprint density at radius 1 is 1.67 bits per heavy atom. The van der Waals surface area contributed by atoms with Gasteiger partial charge in [-0.25, -0.2) is 0 Å². The zero-order chi connectivity index (χ0) is 11.3. The molecule has 84 valence electrons. The van der Waals surface area contributed by atoms with Crippen LogP contribution in [-0.4, -0.2) is 32.6 Å². The summed E-state index contributed by atoms with van der Waals surface area (Å²) in [6, 6.07) is 0. The number of aryl methyl sites for hydroxylation is 1. The summed E-state index contributed by atoms with van der Waals surface area (Å²) in [4.78, 5) is 11.5. The smallest absolute Gasteiger partial charge is 0.319 e. The summed E-state index contributed by atoms with van der Waals surface area (Å²) < 4.78 is 6.75. The largest absolute Gasteiger partial charge is 0.465 e. The van der Waals surface area contributed by atoms with Gasteiger partial charge in [-0.05, 0) is 13.3 Å². The van der Waals surface area contributed by atoms with E-state index in [2.05, 4.69) is 10.2 Å². The quantitative estimate of drug-likeness (QED) is 0.562. The van der Waals surface area contributed by atoms with E-state index < -0.39 is 0 Å². The first-order valence-corrected chi connectivity index (χ1v) is 5.74. The zero-order valence-electron chi connectivity index (χ0n) is 9.14. The standard InChI is InChI=1S/C9H15N3O2S/c1-4-7(8(13)14-5-2)15-9-11-10-6-12(9)3/h6-7H,4-5H2,1-3H3. The highest BCUT2D eigenvalue weighted by Crippen LogP contribution is 2.23. The molecule has 0 aliphatic carbocycles. The van der Waals surface area contributed by atoms with Gasteiger partial charge in [0.15, 0.2) is 5.16 Å². The summed E-state index contributed by atoms with van der Waals surface area (Å²) in [7, 11) is 1.85. The number of esters is 1. The summed E-state index contributed by atoms with van der Waals surface area (Å²) in [6.07, 6.45) is 2.33. The second kappa shape index (κ2) is 5.75. The van der Waals surface area contributed by atoms with Crippen LogP contribution in [0.3, 0.4) is 0 Å². The molecule has 0 fully saturated rings. The van der Waals surface area contributed by atoms with E-state index >= 15 is 0 Å². The lowest BCUT2D eigenvalue weighted by molar-refractivity contribution is -0.142. The average molecular weight is 229 g/mol. The Labute approximate surface area is 93.2 Å². The fourth-order valence-electron chi connectivity index (χ4n) is 1.04. The highest BCUT2D eigenvalue weighted by Gasteiger charge is 2.21. The first-order chi connectivity index (χ1) is 7.19. The van der Waals surface area contributed by atoms with E-state index in [1.165, 1.54) is 11.8 Å². The van der Waals surface area contributed by atoms with E-state index in [9.17, 15) is 4.79 Å². The van der Waals surface area contributed by atoms with Gasteiger partial charge >= 0.3 is 5.97 Å². The van der Waals surface area contributed by atoms with E-state index in [0.29, 0.717) is 6.61 Å². The summed E-state index contributed by atoms with van der Waals surface area (Å²) >= 11 is 1.38. The third-order valence-electron chi connectivity index (χ3n) is 1.84. The molecule has 0 saturated heterocycles. The van der Waals surface area contributed by atoms with E-state index in [1.807, 2.05) is 14.0 Å². The van der Waals surface area contributed by atoms with Crippen molar-refractivity contribution in [3.05, 3.63) is 6.33 Å². The Bertz CT molecular complexity index is 327. The lowest BCUT2D eigenvalue weighted by Crippen LogP contribution is -2.19. The van der Waals surface area contributed by atoms with Gasteiger partial charge in [0.05, 0.1) is 6.61 Å². The molecule has 1 rings (SSSR count). The normalized spacial score (nSPS) is 12.5. The highest BCUT2D eigenvalue weighted by atomic mass is 32.2. The number of rotatable bonds is 5. The number of hydrogen-bond donors (Lipinski definition) is 0.